The highest BCUT2D eigenvalue weighted by molar-refractivity contribution is 5.62. The highest BCUT2D eigenvalue weighted by Gasteiger charge is 2.26. The summed E-state index contributed by atoms with van der Waals surface area (Å²) in [4.78, 5) is 8.36. The molecule has 0 fully saturated rings. The van der Waals surface area contributed by atoms with E-state index in [4.69, 9.17) is 4.98 Å². The Morgan fingerprint density at radius 2 is 1.84 bits per heavy atom. The van der Waals surface area contributed by atoms with Gasteiger partial charge in [0, 0.05) is 18.4 Å². The minimum Gasteiger partial charge on any atom is -0.341 e. The first-order chi connectivity index (χ1) is 8.97. The Balaban J connectivity index is 2.06. The standard InChI is InChI=1S/C15H22N4/c1-8-6-12-13(7-9(8)2)17-15(16-12)14-10(3)18-19(5)11(14)4/h8-9H,6-7H2,1-5H3,(H,16,17). The van der Waals surface area contributed by atoms with Crippen molar-refractivity contribution in [1.82, 2.24) is 19.7 Å². The molecule has 0 bridgehead atoms. The molecule has 4 nitrogen and oxygen atoms in total. The average Bonchev–Trinajstić information content (AvgIpc) is 2.82. The molecule has 0 amide bonds. The summed E-state index contributed by atoms with van der Waals surface area (Å²) < 4.78 is 1.93. The summed E-state index contributed by atoms with van der Waals surface area (Å²) in [6.45, 7) is 8.80. The second kappa shape index (κ2) is 4.22. The molecule has 2 unspecified atom stereocenters. The van der Waals surface area contributed by atoms with Gasteiger partial charge < -0.3 is 4.98 Å². The van der Waals surface area contributed by atoms with E-state index in [-0.39, 0.29) is 0 Å². The quantitative estimate of drug-likeness (QED) is 0.855. The van der Waals surface area contributed by atoms with Gasteiger partial charge in [-0.1, -0.05) is 13.8 Å². The lowest BCUT2D eigenvalue weighted by molar-refractivity contribution is 0.355. The Morgan fingerprint density at radius 1 is 1.16 bits per heavy atom. The fraction of sp³-hybridized carbons (Fsp3) is 0.600. The molecule has 0 aliphatic heterocycles. The third kappa shape index (κ3) is 1.90. The molecular formula is C15H22N4. The Bertz CT molecular complexity index is 593. The van der Waals surface area contributed by atoms with Crippen molar-refractivity contribution in [3.05, 3.63) is 22.8 Å². The number of hydrogen-bond acceptors (Lipinski definition) is 2. The smallest absolute Gasteiger partial charge is 0.141 e. The fourth-order valence-electron chi connectivity index (χ4n) is 3.05. The molecule has 0 aromatic carbocycles. The highest BCUT2D eigenvalue weighted by Crippen LogP contribution is 2.32. The number of hydrogen-bond donors (Lipinski definition) is 1. The largest absolute Gasteiger partial charge is 0.341 e. The summed E-state index contributed by atoms with van der Waals surface area (Å²) in [5.41, 5.74) is 5.96. The molecule has 1 aliphatic rings. The second-order valence-electron chi connectivity index (χ2n) is 6.04. The van der Waals surface area contributed by atoms with Gasteiger partial charge in [0.2, 0.25) is 0 Å². The number of aromatic amines is 1. The molecule has 1 N–H and O–H groups in total. The van der Waals surface area contributed by atoms with E-state index in [9.17, 15) is 0 Å². The molecule has 0 radical (unpaired) electrons. The fourth-order valence-corrected chi connectivity index (χ4v) is 3.05. The van der Waals surface area contributed by atoms with Gasteiger partial charge in [-0.3, -0.25) is 4.68 Å². The lowest BCUT2D eigenvalue weighted by Gasteiger charge is -2.24. The molecule has 2 heterocycles. The van der Waals surface area contributed by atoms with Gasteiger partial charge in [0.25, 0.3) is 0 Å². The van der Waals surface area contributed by atoms with Gasteiger partial charge in [0.15, 0.2) is 0 Å². The molecule has 2 atom stereocenters. The minimum atomic E-state index is 0.722. The normalized spacial score (nSPS) is 22.6. The van der Waals surface area contributed by atoms with Gasteiger partial charge >= 0.3 is 0 Å². The van der Waals surface area contributed by atoms with Gasteiger partial charge in [-0.05, 0) is 38.5 Å². The zero-order valence-electron chi connectivity index (χ0n) is 12.4. The minimum absolute atomic E-state index is 0.722. The molecule has 19 heavy (non-hydrogen) atoms. The van der Waals surface area contributed by atoms with Crippen LogP contribution in [0.3, 0.4) is 0 Å². The Morgan fingerprint density at radius 3 is 2.47 bits per heavy atom. The number of rotatable bonds is 1. The Hall–Kier alpha value is -1.58. The summed E-state index contributed by atoms with van der Waals surface area (Å²) in [5, 5.41) is 4.48. The van der Waals surface area contributed by atoms with E-state index in [0.29, 0.717) is 0 Å². The van der Waals surface area contributed by atoms with Crippen LogP contribution >= 0.6 is 0 Å². The van der Waals surface area contributed by atoms with Crippen LogP contribution in [0.2, 0.25) is 0 Å². The maximum absolute atomic E-state index is 4.83. The van der Waals surface area contributed by atoms with E-state index in [2.05, 4.69) is 37.8 Å². The third-order valence-corrected chi connectivity index (χ3v) is 4.62. The summed E-state index contributed by atoms with van der Waals surface area (Å²) in [6, 6.07) is 0. The van der Waals surface area contributed by atoms with Crippen LogP contribution in [-0.2, 0) is 19.9 Å². The number of fused-ring (bicyclic) bond motifs is 1. The molecule has 0 saturated heterocycles. The predicted molar refractivity (Wildman–Crippen MR) is 76.0 cm³/mol. The number of aromatic nitrogens is 4. The molecule has 3 rings (SSSR count). The van der Waals surface area contributed by atoms with E-state index >= 15 is 0 Å². The van der Waals surface area contributed by atoms with Crippen molar-refractivity contribution >= 4 is 0 Å². The SMILES string of the molecule is Cc1nn(C)c(C)c1-c1nc2c([nH]1)CC(C)C(C)C2. The number of H-pyrrole nitrogens is 1. The zero-order chi connectivity index (χ0) is 13.7. The summed E-state index contributed by atoms with van der Waals surface area (Å²) >= 11 is 0. The monoisotopic (exact) mass is 258 g/mol. The Kier molecular flexibility index (Phi) is 2.77. The summed E-state index contributed by atoms with van der Waals surface area (Å²) in [5.74, 6) is 2.45. The first-order valence-electron chi connectivity index (χ1n) is 7.05. The van der Waals surface area contributed by atoms with Crippen molar-refractivity contribution in [2.75, 3.05) is 0 Å². The van der Waals surface area contributed by atoms with Crippen molar-refractivity contribution in [3.8, 4) is 11.4 Å². The average molecular weight is 258 g/mol. The van der Waals surface area contributed by atoms with Crippen LogP contribution in [0.5, 0.6) is 0 Å². The highest BCUT2D eigenvalue weighted by atomic mass is 15.3. The first-order valence-corrected chi connectivity index (χ1v) is 7.05. The lowest BCUT2D eigenvalue weighted by Crippen LogP contribution is -2.20. The van der Waals surface area contributed by atoms with E-state index in [1.165, 1.54) is 17.1 Å². The van der Waals surface area contributed by atoms with Gasteiger partial charge in [-0.2, -0.15) is 5.10 Å². The summed E-state index contributed by atoms with van der Waals surface area (Å²) in [6.07, 6.45) is 2.20. The molecule has 2 aromatic heterocycles. The van der Waals surface area contributed by atoms with Crippen LogP contribution in [0.15, 0.2) is 0 Å². The Labute approximate surface area is 114 Å². The van der Waals surface area contributed by atoms with Crippen LogP contribution in [0, 0.1) is 25.7 Å². The maximum Gasteiger partial charge on any atom is 0.141 e. The molecule has 1 aliphatic carbocycles. The van der Waals surface area contributed by atoms with Crippen molar-refractivity contribution in [3.63, 3.8) is 0 Å². The van der Waals surface area contributed by atoms with Gasteiger partial charge in [-0.25, -0.2) is 4.98 Å². The van der Waals surface area contributed by atoms with Crippen molar-refractivity contribution in [1.29, 1.82) is 0 Å². The van der Waals surface area contributed by atoms with E-state index < -0.39 is 0 Å². The van der Waals surface area contributed by atoms with Gasteiger partial charge in [0.1, 0.15) is 5.82 Å². The van der Waals surface area contributed by atoms with Crippen molar-refractivity contribution in [2.45, 2.75) is 40.5 Å². The maximum atomic E-state index is 4.83. The number of aryl methyl sites for hydroxylation is 2. The van der Waals surface area contributed by atoms with Crippen molar-refractivity contribution < 1.29 is 0 Å². The number of nitrogens with one attached hydrogen (secondary N) is 1. The van der Waals surface area contributed by atoms with Gasteiger partial charge in [0.05, 0.1) is 17.0 Å². The third-order valence-electron chi connectivity index (χ3n) is 4.62. The van der Waals surface area contributed by atoms with E-state index in [1.807, 2.05) is 11.7 Å². The summed E-state index contributed by atoms with van der Waals surface area (Å²) in [7, 11) is 1.98. The van der Waals surface area contributed by atoms with Crippen LogP contribution in [0.1, 0.15) is 36.6 Å². The molecule has 2 aromatic rings. The molecular weight excluding hydrogens is 236 g/mol. The van der Waals surface area contributed by atoms with Gasteiger partial charge in [-0.15, -0.1) is 0 Å². The second-order valence-corrected chi connectivity index (χ2v) is 6.04. The topological polar surface area (TPSA) is 46.5 Å². The first kappa shape index (κ1) is 12.5. The zero-order valence-corrected chi connectivity index (χ0v) is 12.4. The van der Waals surface area contributed by atoms with E-state index in [1.54, 1.807) is 0 Å². The van der Waals surface area contributed by atoms with Crippen LogP contribution in [0.4, 0.5) is 0 Å². The van der Waals surface area contributed by atoms with Crippen molar-refractivity contribution in [2.24, 2.45) is 18.9 Å². The van der Waals surface area contributed by atoms with E-state index in [0.717, 1.165) is 41.8 Å². The molecule has 0 saturated carbocycles. The number of imidazole rings is 1. The molecule has 0 spiro atoms. The molecule has 102 valence electrons. The predicted octanol–water partition coefficient (Wildman–Crippen LogP) is 2.80. The van der Waals surface area contributed by atoms with Crippen LogP contribution in [0.25, 0.3) is 11.4 Å². The van der Waals surface area contributed by atoms with Crippen LogP contribution < -0.4 is 0 Å². The number of nitrogens with zero attached hydrogens (tertiary/aromatic N) is 3. The van der Waals surface area contributed by atoms with Crippen LogP contribution in [-0.4, -0.2) is 19.7 Å². The molecule has 4 heteroatoms. The lowest BCUT2D eigenvalue weighted by atomic mass is 9.82.